The molecule has 0 saturated heterocycles. The number of nitrogens with zero attached hydrogens (tertiary/aromatic N) is 2. The first-order valence-corrected chi connectivity index (χ1v) is 9.56. The highest BCUT2D eigenvalue weighted by atomic mass is 16.5. The zero-order valence-corrected chi connectivity index (χ0v) is 16.7. The summed E-state index contributed by atoms with van der Waals surface area (Å²) in [6.45, 7) is 4.36. The minimum absolute atomic E-state index is 0.111. The second-order valence-corrected chi connectivity index (χ2v) is 7.13. The van der Waals surface area contributed by atoms with Gasteiger partial charge in [-0.15, -0.1) is 10.2 Å². The van der Waals surface area contributed by atoms with Gasteiger partial charge in [0.05, 0.1) is 5.52 Å². The van der Waals surface area contributed by atoms with Gasteiger partial charge in [-0.3, -0.25) is 4.79 Å². The molecule has 0 spiro atoms. The number of fused-ring (bicyclic) bond motifs is 1. The Morgan fingerprint density at radius 2 is 1.77 bits per heavy atom. The maximum atomic E-state index is 12.4. The third-order valence-corrected chi connectivity index (χ3v) is 4.79. The Balaban J connectivity index is 1.48. The summed E-state index contributed by atoms with van der Waals surface area (Å²) in [6, 6.07) is 20.5. The van der Waals surface area contributed by atoms with E-state index in [0.29, 0.717) is 17.9 Å². The summed E-state index contributed by atoms with van der Waals surface area (Å²) in [6.07, 6.45) is 0. The van der Waals surface area contributed by atoms with Gasteiger partial charge in [-0.2, -0.15) is 0 Å². The number of amides is 1. The quantitative estimate of drug-likeness (QED) is 0.404. The van der Waals surface area contributed by atoms with Gasteiger partial charge < -0.3 is 14.8 Å². The SMILES string of the molecule is Cc1cc(C)c2[nH]c(O)c(N=NC(=O)c3ccc(OCc4ccccc4)cc3)c2c1. The number of aromatic amines is 1. The van der Waals surface area contributed by atoms with Crippen molar-refractivity contribution in [2.45, 2.75) is 20.5 Å². The van der Waals surface area contributed by atoms with Crippen LogP contribution in [-0.2, 0) is 6.61 Å². The van der Waals surface area contributed by atoms with E-state index in [9.17, 15) is 9.90 Å². The van der Waals surface area contributed by atoms with E-state index in [4.69, 9.17) is 4.74 Å². The van der Waals surface area contributed by atoms with Crippen LogP contribution >= 0.6 is 0 Å². The standard InChI is InChI=1S/C24H21N3O3/c1-15-12-16(2)21-20(13-15)22(24(29)25-21)26-27-23(28)18-8-10-19(11-9-18)30-14-17-6-4-3-5-7-17/h3-13,25,29H,14H2,1-2H3. The molecule has 0 saturated carbocycles. The number of aromatic nitrogens is 1. The minimum atomic E-state index is -0.497. The number of H-pyrrole nitrogens is 1. The fraction of sp³-hybridized carbons (Fsp3) is 0.125. The lowest BCUT2D eigenvalue weighted by Crippen LogP contribution is -1.97. The number of hydrogen-bond donors (Lipinski definition) is 2. The molecule has 30 heavy (non-hydrogen) atoms. The van der Waals surface area contributed by atoms with E-state index in [1.165, 1.54) is 0 Å². The van der Waals surface area contributed by atoms with E-state index in [1.807, 2.05) is 56.3 Å². The summed E-state index contributed by atoms with van der Waals surface area (Å²) in [4.78, 5) is 15.3. The third-order valence-electron chi connectivity index (χ3n) is 4.79. The molecule has 0 fully saturated rings. The lowest BCUT2D eigenvalue weighted by molar-refractivity contribution is 0.0995. The normalized spacial score (nSPS) is 11.3. The monoisotopic (exact) mass is 399 g/mol. The largest absolute Gasteiger partial charge is 0.493 e. The topological polar surface area (TPSA) is 87.0 Å². The summed E-state index contributed by atoms with van der Waals surface area (Å²) in [7, 11) is 0. The first kappa shape index (κ1) is 19.4. The fourth-order valence-corrected chi connectivity index (χ4v) is 3.31. The molecule has 1 heterocycles. The molecule has 0 bridgehead atoms. The predicted octanol–water partition coefficient (Wildman–Crippen LogP) is 5.99. The lowest BCUT2D eigenvalue weighted by Gasteiger charge is -2.06. The Labute approximate surface area is 173 Å². The average Bonchev–Trinajstić information content (AvgIpc) is 3.07. The van der Waals surface area contributed by atoms with Crippen LogP contribution in [0.2, 0.25) is 0 Å². The van der Waals surface area contributed by atoms with Gasteiger partial charge in [0.1, 0.15) is 12.4 Å². The Morgan fingerprint density at radius 1 is 1.03 bits per heavy atom. The van der Waals surface area contributed by atoms with Gasteiger partial charge in [-0.1, -0.05) is 42.0 Å². The van der Waals surface area contributed by atoms with Gasteiger partial charge in [0.25, 0.3) is 5.91 Å². The van der Waals surface area contributed by atoms with Crippen molar-refractivity contribution in [3.63, 3.8) is 0 Å². The van der Waals surface area contributed by atoms with Crippen LogP contribution in [0.1, 0.15) is 27.0 Å². The van der Waals surface area contributed by atoms with E-state index in [-0.39, 0.29) is 11.6 Å². The molecule has 4 rings (SSSR count). The second kappa shape index (κ2) is 8.21. The highest BCUT2D eigenvalue weighted by molar-refractivity contribution is 5.98. The van der Waals surface area contributed by atoms with Crippen molar-refractivity contribution >= 4 is 22.5 Å². The molecule has 0 aliphatic carbocycles. The Morgan fingerprint density at radius 3 is 2.50 bits per heavy atom. The number of carbonyl (C=O) groups is 1. The molecule has 2 N–H and O–H groups in total. The van der Waals surface area contributed by atoms with Crippen molar-refractivity contribution in [1.29, 1.82) is 0 Å². The summed E-state index contributed by atoms with van der Waals surface area (Å²) < 4.78 is 5.73. The lowest BCUT2D eigenvalue weighted by atomic mass is 10.1. The third kappa shape index (κ3) is 4.07. The maximum absolute atomic E-state index is 12.4. The molecule has 0 radical (unpaired) electrons. The van der Waals surface area contributed by atoms with Gasteiger partial charge >= 0.3 is 0 Å². The number of benzene rings is 3. The predicted molar refractivity (Wildman–Crippen MR) is 116 cm³/mol. The van der Waals surface area contributed by atoms with Crippen LogP contribution in [0, 0.1) is 13.8 Å². The number of nitrogens with one attached hydrogen (secondary N) is 1. The van der Waals surface area contributed by atoms with Crippen LogP contribution in [-0.4, -0.2) is 16.0 Å². The Hall–Kier alpha value is -3.93. The van der Waals surface area contributed by atoms with Crippen LogP contribution in [0.4, 0.5) is 5.69 Å². The molecule has 3 aromatic carbocycles. The summed E-state index contributed by atoms with van der Waals surface area (Å²) >= 11 is 0. The van der Waals surface area contributed by atoms with Crippen LogP contribution in [0.25, 0.3) is 10.9 Å². The number of carbonyl (C=O) groups excluding carboxylic acids is 1. The van der Waals surface area contributed by atoms with Crippen molar-refractivity contribution < 1.29 is 14.6 Å². The van der Waals surface area contributed by atoms with E-state index in [0.717, 1.165) is 27.6 Å². The van der Waals surface area contributed by atoms with Gasteiger partial charge in [-0.05, 0) is 55.3 Å². The van der Waals surface area contributed by atoms with Crippen molar-refractivity contribution in [3.8, 4) is 11.6 Å². The maximum Gasteiger partial charge on any atom is 0.295 e. The summed E-state index contributed by atoms with van der Waals surface area (Å²) in [5, 5.41) is 18.7. The molecule has 150 valence electrons. The average molecular weight is 399 g/mol. The van der Waals surface area contributed by atoms with Gasteiger partial charge in [0, 0.05) is 10.9 Å². The minimum Gasteiger partial charge on any atom is -0.493 e. The second-order valence-electron chi connectivity index (χ2n) is 7.13. The molecule has 6 nitrogen and oxygen atoms in total. The summed E-state index contributed by atoms with van der Waals surface area (Å²) in [5.41, 5.74) is 4.51. The fourth-order valence-electron chi connectivity index (χ4n) is 3.31. The van der Waals surface area contributed by atoms with Crippen molar-refractivity contribution in [3.05, 3.63) is 89.0 Å². The van der Waals surface area contributed by atoms with E-state index in [2.05, 4.69) is 15.2 Å². The number of ether oxygens (including phenoxy) is 1. The van der Waals surface area contributed by atoms with Gasteiger partial charge in [0.2, 0.25) is 5.88 Å². The first-order chi connectivity index (χ1) is 14.5. The molecular weight excluding hydrogens is 378 g/mol. The molecule has 0 unspecified atom stereocenters. The number of rotatable bonds is 5. The molecule has 4 aromatic rings. The smallest absolute Gasteiger partial charge is 0.295 e. The summed E-state index contributed by atoms with van der Waals surface area (Å²) in [5.74, 6) is 0.0511. The Bertz CT molecular complexity index is 1230. The molecule has 1 amide bonds. The van der Waals surface area contributed by atoms with E-state index < -0.39 is 5.91 Å². The molecule has 0 atom stereocenters. The van der Waals surface area contributed by atoms with Crippen LogP contribution < -0.4 is 4.74 Å². The number of aryl methyl sites for hydroxylation is 2. The van der Waals surface area contributed by atoms with E-state index in [1.54, 1.807) is 24.3 Å². The molecule has 0 aliphatic rings. The van der Waals surface area contributed by atoms with Gasteiger partial charge in [0.15, 0.2) is 5.69 Å². The number of azo groups is 1. The van der Waals surface area contributed by atoms with Crippen molar-refractivity contribution in [2.24, 2.45) is 10.2 Å². The van der Waals surface area contributed by atoms with Crippen molar-refractivity contribution in [2.75, 3.05) is 0 Å². The molecular formula is C24H21N3O3. The Kier molecular flexibility index (Phi) is 5.30. The zero-order chi connectivity index (χ0) is 21.1. The van der Waals surface area contributed by atoms with Crippen LogP contribution in [0.3, 0.4) is 0 Å². The zero-order valence-electron chi connectivity index (χ0n) is 16.7. The highest BCUT2D eigenvalue weighted by Crippen LogP contribution is 2.37. The number of aromatic hydroxyl groups is 1. The molecule has 6 heteroatoms. The van der Waals surface area contributed by atoms with Crippen LogP contribution in [0.5, 0.6) is 11.6 Å². The van der Waals surface area contributed by atoms with Gasteiger partial charge in [-0.25, -0.2) is 0 Å². The van der Waals surface area contributed by atoms with Crippen LogP contribution in [0.15, 0.2) is 77.0 Å². The van der Waals surface area contributed by atoms with Crippen molar-refractivity contribution in [1.82, 2.24) is 4.98 Å². The highest BCUT2D eigenvalue weighted by Gasteiger charge is 2.13. The first-order valence-electron chi connectivity index (χ1n) is 9.56. The number of hydrogen-bond acceptors (Lipinski definition) is 4. The molecule has 0 aliphatic heterocycles. The molecule has 1 aromatic heterocycles. The van der Waals surface area contributed by atoms with E-state index >= 15 is 0 Å².